The molecule has 0 unspecified atom stereocenters. The predicted octanol–water partition coefficient (Wildman–Crippen LogP) is 3.51. The predicted molar refractivity (Wildman–Crippen MR) is 94.4 cm³/mol. The molecule has 116 valence electrons. The van der Waals surface area contributed by atoms with Crippen molar-refractivity contribution in [3.05, 3.63) is 50.0 Å². The number of nitrogens with two attached hydrogens (primary N) is 1. The molecule has 0 aromatic heterocycles. The summed E-state index contributed by atoms with van der Waals surface area (Å²) < 4.78 is 7.32. The van der Waals surface area contributed by atoms with Crippen molar-refractivity contribution in [2.24, 2.45) is 5.73 Å². The van der Waals surface area contributed by atoms with Crippen molar-refractivity contribution in [1.82, 2.24) is 0 Å². The Hall–Kier alpha value is -1.32. The Morgan fingerprint density at radius 3 is 2.50 bits per heavy atom. The number of hydrogen-bond acceptors (Lipinski definition) is 4. The summed E-state index contributed by atoms with van der Waals surface area (Å²) in [5.41, 5.74) is 6.36. The zero-order valence-electron chi connectivity index (χ0n) is 11.3. The van der Waals surface area contributed by atoms with Crippen LogP contribution in [0, 0.1) is 3.57 Å². The van der Waals surface area contributed by atoms with Crippen molar-refractivity contribution in [3.63, 3.8) is 0 Å². The van der Waals surface area contributed by atoms with Crippen LogP contribution in [0.15, 0.2) is 40.9 Å². The monoisotopic (exact) mass is 477 g/mol. The molecule has 0 saturated carbocycles. The molecule has 0 saturated heterocycles. The minimum Gasteiger partial charge on any atom is -0.508 e. The third kappa shape index (κ3) is 4.34. The van der Waals surface area contributed by atoms with E-state index < -0.39 is 12.0 Å². The lowest BCUT2D eigenvalue weighted by Crippen LogP contribution is -2.32. The molecule has 5 nitrogen and oxygen atoms in total. The largest absolute Gasteiger partial charge is 0.508 e. The third-order valence-corrected chi connectivity index (χ3v) is 4.28. The molecule has 0 radical (unpaired) electrons. The molecule has 2 aromatic rings. The Bertz CT molecular complexity index is 667. The van der Waals surface area contributed by atoms with Crippen molar-refractivity contribution in [3.8, 4) is 17.2 Å². The number of aromatic hydroxyl groups is 1. The zero-order valence-corrected chi connectivity index (χ0v) is 15.0. The maximum absolute atomic E-state index is 10.8. The van der Waals surface area contributed by atoms with Gasteiger partial charge in [-0.1, -0.05) is 0 Å². The van der Waals surface area contributed by atoms with Crippen LogP contribution in [0.3, 0.4) is 0 Å². The van der Waals surface area contributed by atoms with E-state index in [1.807, 2.05) is 6.07 Å². The van der Waals surface area contributed by atoms with Gasteiger partial charge in [0.1, 0.15) is 17.5 Å². The maximum atomic E-state index is 10.8. The quantitative estimate of drug-likeness (QED) is 0.573. The van der Waals surface area contributed by atoms with Gasteiger partial charge in [-0.05, 0) is 86.9 Å². The van der Waals surface area contributed by atoms with Crippen LogP contribution in [0.2, 0.25) is 0 Å². The average Bonchev–Trinajstić information content (AvgIpc) is 2.44. The highest BCUT2D eigenvalue weighted by atomic mass is 127. The second-order valence-corrected chi connectivity index (χ2v) is 6.65. The van der Waals surface area contributed by atoms with Crippen molar-refractivity contribution >= 4 is 44.5 Å². The highest BCUT2D eigenvalue weighted by Crippen LogP contribution is 2.36. The Morgan fingerprint density at radius 1 is 1.32 bits per heavy atom. The number of carboxylic acid groups (broad SMARTS) is 1. The SMILES string of the molecule is N[C@@H](Cc1cc(Br)c(Oc2ccc(O)cc2)c(I)c1)C(=O)O. The van der Waals surface area contributed by atoms with Gasteiger partial charge in [0.15, 0.2) is 5.75 Å². The number of phenolic OH excluding ortho intramolecular Hbond substituents is 1. The standard InChI is InChI=1S/C15H13BrINO4/c16-11-5-8(7-13(18)15(20)21)6-12(17)14(11)22-10-3-1-9(19)2-4-10/h1-6,13,19H,7,18H2,(H,20,21)/t13-/m0/s1. The minimum absolute atomic E-state index is 0.166. The van der Waals surface area contributed by atoms with Crippen molar-refractivity contribution in [2.75, 3.05) is 0 Å². The highest BCUT2D eigenvalue weighted by molar-refractivity contribution is 14.1. The summed E-state index contributed by atoms with van der Waals surface area (Å²) in [7, 11) is 0. The Kier molecular flexibility index (Phi) is 5.65. The van der Waals surface area contributed by atoms with E-state index in [0.29, 0.717) is 16.0 Å². The Labute approximate surface area is 149 Å². The van der Waals surface area contributed by atoms with Crippen molar-refractivity contribution in [2.45, 2.75) is 12.5 Å². The average molecular weight is 478 g/mol. The van der Waals surface area contributed by atoms with E-state index in [9.17, 15) is 9.90 Å². The van der Waals surface area contributed by atoms with Gasteiger partial charge in [0.25, 0.3) is 0 Å². The molecule has 0 spiro atoms. The molecule has 2 rings (SSSR count). The normalized spacial score (nSPS) is 12.0. The molecule has 0 bridgehead atoms. The summed E-state index contributed by atoms with van der Waals surface area (Å²) in [6.45, 7) is 0. The smallest absolute Gasteiger partial charge is 0.320 e. The van der Waals surface area contributed by atoms with Gasteiger partial charge in [-0.25, -0.2) is 0 Å². The van der Waals surface area contributed by atoms with Crippen LogP contribution in [0.4, 0.5) is 0 Å². The zero-order chi connectivity index (χ0) is 16.3. The van der Waals surface area contributed by atoms with Gasteiger partial charge in [0, 0.05) is 0 Å². The van der Waals surface area contributed by atoms with Crippen molar-refractivity contribution in [1.29, 1.82) is 0 Å². The van der Waals surface area contributed by atoms with Gasteiger partial charge < -0.3 is 20.7 Å². The lowest BCUT2D eigenvalue weighted by molar-refractivity contribution is -0.138. The fourth-order valence-electron chi connectivity index (χ4n) is 1.80. The Balaban J connectivity index is 2.23. The van der Waals surface area contributed by atoms with Gasteiger partial charge in [0.05, 0.1) is 8.04 Å². The van der Waals surface area contributed by atoms with E-state index in [1.165, 1.54) is 12.1 Å². The van der Waals surface area contributed by atoms with Gasteiger partial charge in [-0.3, -0.25) is 4.79 Å². The molecule has 1 atom stereocenters. The summed E-state index contributed by atoms with van der Waals surface area (Å²) in [5, 5.41) is 18.1. The van der Waals surface area contributed by atoms with Crippen LogP contribution in [-0.4, -0.2) is 22.2 Å². The maximum Gasteiger partial charge on any atom is 0.320 e. The first-order chi connectivity index (χ1) is 10.4. The first-order valence-corrected chi connectivity index (χ1v) is 8.17. The van der Waals surface area contributed by atoms with Crippen LogP contribution in [-0.2, 0) is 11.2 Å². The lowest BCUT2D eigenvalue weighted by Gasteiger charge is -2.13. The topological polar surface area (TPSA) is 92.8 Å². The van der Waals surface area contributed by atoms with Gasteiger partial charge >= 0.3 is 5.97 Å². The molecule has 0 heterocycles. The summed E-state index contributed by atoms with van der Waals surface area (Å²) in [5.74, 6) is 0.347. The summed E-state index contributed by atoms with van der Waals surface area (Å²) >= 11 is 5.55. The van der Waals surface area contributed by atoms with Crippen molar-refractivity contribution < 1.29 is 19.7 Å². The molecular formula is C15H13BrINO4. The molecule has 7 heteroatoms. The van der Waals surface area contributed by atoms with Crippen LogP contribution in [0.5, 0.6) is 17.2 Å². The molecule has 0 aliphatic carbocycles. The molecule has 2 aromatic carbocycles. The third-order valence-electron chi connectivity index (χ3n) is 2.89. The lowest BCUT2D eigenvalue weighted by atomic mass is 10.1. The number of halogens is 2. The number of rotatable bonds is 5. The number of hydrogen-bond donors (Lipinski definition) is 3. The van der Waals surface area contributed by atoms with Gasteiger partial charge in [-0.2, -0.15) is 0 Å². The van der Waals surface area contributed by atoms with E-state index in [-0.39, 0.29) is 12.2 Å². The molecule has 22 heavy (non-hydrogen) atoms. The summed E-state index contributed by atoms with van der Waals surface area (Å²) in [4.78, 5) is 10.8. The van der Waals surface area contributed by atoms with Crippen LogP contribution < -0.4 is 10.5 Å². The summed E-state index contributed by atoms with van der Waals surface area (Å²) in [6.07, 6.45) is 0.240. The first-order valence-electron chi connectivity index (χ1n) is 6.30. The first kappa shape index (κ1) is 17.0. The van der Waals surface area contributed by atoms with Crippen LogP contribution >= 0.6 is 38.5 Å². The van der Waals surface area contributed by atoms with Crippen LogP contribution in [0.1, 0.15) is 5.56 Å². The molecule has 0 aliphatic rings. The molecule has 0 amide bonds. The molecule has 4 N–H and O–H groups in total. The van der Waals surface area contributed by atoms with E-state index in [0.717, 1.165) is 9.13 Å². The number of carboxylic acids is 1. The number of carbonyl (C=O) groups is 1. The number of phenols is 1. The second kappa shape index (κ2) is 7.30. The molecule has 0 aliphatic heterocycles. The number of aliphatic carboxylic acids is 1. The highest BCUT2D eigenvalue weighted by Gasteiger charge is 2.15. The van der Waals surface area contributed by atoms with E-state index in [1.54, 1.807) is 18.2 Å². The molecule has 0 fully saturated rings. The summed E-state index contributed by atoms with van der Waals surface area (Å²) in [6, 6.07) is 9.08. The van der Waals surface area contributed by atoms with E-state index in [2.05, 4.69) is 38.5 Å². The minimum atomic E-state index is -1.03. The fraction of sp³-hybridized carbons (Fsp3) is 0.133. The second-order valence-electron chi connectivity index (χ2n) is 4.63. The number of ether oxygens (including phenoxy) is 1. The number of benzene rings is 2. The Morgan fingerprint density at radius 2 is 1.95 bits per heavy atom. The van der Waals surface area contributed by atoms with Crippen LogP contribution in [0.25, 0.3) is 0 Å². The van der Waals surface area contributed by atoms with E-state index >= 15 is 0 Å². The van der Waals surface area contributed by atoms with Gasteiger partial charge in [0.2, 0.25) is 0 Å². The van der Waals surface area contributed by atoms with E-state index in [4.69, 9.17) is 15.6 Å². The van der Waals surface area contributed by atoms with Gasteiger partial charge in [-0.15, -0.1) is 0 Å². The molecular weight excluding hydrogens is 465 g/mol. The fourth-order valence-corrected chi connectivity index (χ4v) is 3.56.